The molecule has 1 aliphatic rings. The number of fused-ring (bicyclic) bond motifs is 1. The normalized spacial score (nSPS) is 14.4. The number of pyridine rings is 1. The summed E-state index contributed by atoms with van der Waals surface area (Å²) in [6.45, 7) is 3.90. The second-order valence-corrected chi connectivity index (χ2v) is 6.34. The van der Waals surface area contributed by atoms with E-state index in [1.54, 1.807) is 6.20 Å². The summed E-state index contributed by atoms with van der Waals surface area (Å²) < 4.78 is 0. The Hall–Kier alpha value is -3.12. The molecule has 26 heavy (non-hydrogen) atoms. The first-order valence-electron chi connectivity index (χ1n) is 8.73. The van der Waals surface area contributed by atoms with Crippen molar-refractivity contribution >= 4 is 33.9 Å². The van der Waals surface area contributed by atoms with Crippen LogP contribution in [0.15, 0.2) is 54.7 Å². The number of carbonyl (C=O) groups is 1. The number of aromatic nitrogens is 1. The highest BCUT2D eigenvalue weighted by Gasteiger charge is 2.16. The summed E-state index contributed by atoms with van der Waals surface area (Å²) >= 11 is 0. The van der Waals surface area contributed by atoms with E-state index in [0.717, 1.165) is 48.5 Å². The van der Waals surface area contributed by atoms with Crippen molar-refractivity contribution in [2.45, 2.75) is 0 Å². The molecule has 0 radical (unpaired) electrons. The summed E-state index contributed by atoms with van der Waals surface area (Å²) in [5.74, 6) is -0.496. The Morgan fingerprint density at radius 3 is 2.62 bits per heavy atom. The molecule has 1 saturated heterocycles. The molecule has 6 heteroatoms. The summed E-state index contributed by atoms with van der Waals surface area (Å²) in [5, 5.41) is 7.57. The highest BCUT2D eigenvalue weighted by molar-refractivity contribution is 6.07. The van der Waals surface area contributed by atoms with Gasteiger partial charge in [0.15, 0.2) is 0 Å². The molecule has 2 heterocycles. The largest absolute Gasteiger partial charge is 0.369 e. The molecule has 0 atom stereocenters. The van der Waals surface area contributed by atoms with Crippen molar-refractivity contribution in [3.63, 3.8) is 0 Å². The number of amides is 1. The molecule has 0 aliphatic carbocycles. The van der Waals surface area contributed by atoms with Gasteiger partial charge in [0.05, 0.1) is 16.8 Å². The number of piperazine rings is 1. The summed E-state index contributed by atoms with van der Waals surface area (Å²) in [6.07, 6.45) is 1.55. The van der Waals surface area contributed by atoms with Gasteiger partial charge in [0.2, 0.25) is 0 Å². The van der Waals surface area contributed by atoms with Crippen LogP contribution in [0.3, 0.4) is 0 Å². The topological polar surface area (TPSA) is 83.3 Å². The first-order chi connectivity index (χ1) is 12.7. The van der Waals surface area contributed by atoms with E-state index in [-0.39, 0.29) is 0 Å². The second-order valence-electron chi connectivity index (χ2n) is 6.34. The first-order valence-corrected chi connectivity index (χ1v) is 8.73. The Balaban J connectivity index is 1.79. The number of para-hydroxylation sites is 1. The highest BCUT2D eigenvalue weighted by Crippen LogP contribution is 2.31. The first kappa shape index (κ1) is 16.4. The van der Waals surface area contributed by atoms with E-state index in [4.69, 9.17) is 5.73 Å². The minimum absolute atomic E-state index is 0.385. The molecule has 0 unspecified atom stereocenters. The molecule has 1 aliphatic heterocycles. The molecule has 6 nitrogen and oxygen atoms in total. The maximum atomic E-state index is 11.9. The van der Waals surface area contributed by atoms with Gasteiger partial charge in [-0.2, -0.15) is 0 Å². The Morgan fingerprint density at radius 1 is 1.12 bits per heavy atom. The lowest BCUT2D eigenvalue weighted by Gasteiger charge is -2.29. The molecule has 1 fully saturated rings. The van der Waals surface area contributed by atoms with Gasteiger partial charge >= 0.3 is 0 Å². The van der Waals surface area contributed by atoms with Crippen LogP contribution >= 0.6 is 0 Å². The number of benzene rings is 2. The van der Waals surface area contributed by atoms with Crippen LogP contribution in [0.1, 0.15) is 10.4 Å². The highest BCUT2D eigenvalue weighted by atomic mass is 16.1. The number of rotatable bonds is 4. The Labute approximate surface area is 152 Å². The van der Waals surface area contributed by atoms with E-state index in [9.17, 15) is 4.79 Å². The lowest BCUT2D eigenvalue weighted by Crippen LogP contribution is -2.43. The Morgan fingerprint density at radius 2 is 1.88 bits per heavy atom. The monoisotopic (exact) mass is 347 g/mol. The molecule has 2 aromatic carbocycles. The zero-order valence-corrected chi connectivity index (χ0v) is 14.4. The minimum Gasteiger partial charge on any atom is -0.369 e. The van der Waals surface area contributed by atoms with E-state index in [1.807, 2.05) is 36.4 Å². The fraction of sp³-hybridized carbons (Fsp3) is 0.200. The number of nitrogens with one attached hydrogen (secondary N) is 2. The third-order valence-electron chi connectivity index (χ3n) is 4.64. The minimum atomic E-state index is -0.496. The van der Waals surface area contributed by atoms with Gasteiger partial charge in [0.25, 0.3) is 5.91 Å². The zero-order chi connectivity index (χ0) is 17.9. The molecule has 0 saturated carbocycles. The molecule has 0 spiro atoms. The number of carbonyl (C=O) groups excluding carboxylic acids is 1. The van der Waals surface area contributed by atoms with Crippen LogP contribution in [0, 0.1) is 0 Å². The average Bonchev–Trinajstić information content (AvgIpc) is 2.69. The molecule has 4 N–H and O–H groups in total. The lowest BCUT2D eigenvalue weighted by atomic mass is 10.1. The predicted octanol–water partition coefficient (Wildman–Crippen LogP) is 2.49. The van der Waals surface area contributed by atoms with Crippen LogP contribution in [0.25, 0.3) is 10.9 Å². The van der Waals surface area contributed by atoms with E-state index < -0.39 is 5.91 Å². The summed E-state index contributed by atoms with van der Waals surface area (Å²) in [4.78, 5) is 18.7. The van der Waals surface area contributed by atoms with Crippen molar-refractivity contribution in [1.82, 2.24) is 10.3 Å². The maximum absolute atomic E-state index is 11.9. The van der Waals surface area contributed by atoms with Crippen molar-refractivity contribution in [1.29, 1.82) is 0 Å². The van der Waals surface area contributed by atoms with Crippen LogP contribution in [0.2, 0.25) is 0 Å². The fourth-order valence-electron chi connectivity index (χ4n) is 3.29. The fourth-order valence-corrected chi connectivity index (χ4v) is 3.29. The maximum Gasteiger partial charge on any atom is 0.252 e. The smallest absolute Gasteiger partial charge is 0.252 e. The summed E-state index contributed by atoms with van der Waals surface area (Å²) in [6, 6.07) is 15.9. The average molecular weight is 347 g/mol. The van der Waals surface area contributed by atoms with Gasteiger partial charge < -0.3 is 21.3 Å². The standard InChI is InChI=1S/C20H21N5O/c21-20(26)17-13-23-18-12-15(25-10-8-22-9-11-25)6-7-16(18)19(17)24-14-4-2-1-3-5-14/h1-7,12-13,22H,8-11H2,(H2,21,26)(H,23,24). The number of hydrogen-bond acceptors (Lipinski definition) is 5. The number of hydrogen-bond donors (Lipinski definition) is 3. The molecule has 0 bridgehead atoms. The molecular formula is C20H21N5O. The number of anilines is 3. The van der Waals surface area contributed by atoms with E-state index in [1.165, 1.54) is 0 Å². The van der Waals surface area contributed by atoms with Crippen LogP contribution in [0.4, 0.5) is 17.1 Å². The number of primary amides is 1. The predicted molar refractivity (Wildman–Crippen MR) is 105 cm³/mol. The molecule has 1 amide bonds. The van der Waals surface area contributed by atoms with Crippen molar-refractivity contribution in [2.75, 3.05) is 36.4 Å². The van der Waals surface area contributed by atoms with Gasteiger partial charge in [-0.1, -0.05) is 18.2 Å². The molecule has 1 aromatic heterocycles. The van der Waals surface area contributed by atoms with Crippen LogP contribution < -0.4 is 21.3 Å². The van der Waals surface area contributed by atoms with Crippen molar-refractivity contribution in [3.8, 4) is 0 Å². The third-order valence-corrected chi connectivity index (χ3v) is 4.64. The van der Waals surface area contributed by atoms with Gasteiger partial charge in [-0.15, -0.1) is 0 Å². The molecule has 3 aromatic rings. The molecule has 4 rings (SSSR count). The van der Waals surface area contributed by atoms with Gasteiger partial charge in [-0.3, -0.25) is 9.78 Å². The second kappa shape index (κ2) is 7.01. The number of nitrogens with zero attached hydrogens (tertiary/aromatic N) is 2. The Bertz CT molecular complexity index is 936. The lowest BCUT2D eigenvalue weighted by molar-refractivity contribution is 0.100. The number of nitrogens with two attached hydrogens (primary N) is 1. The molecule has 132 valence electrons. The Kier molecular flexibility index (Phi) is 4.41. The van der Waals surface area contributed by atoms with Crippen molar-refractivity contribution in [2.24, 2.45) is 5.73 Å². The van der Waals surface area contributed by atoms with E-state index in [0.29, 0.717) is 11.3 Å². The zero-order valence-electron chi connectivity index (χ0n) is 14.4. The van der Waals surface area contributed by atoms with E-state index >= 15 is 0 Å². The molecular weight excluding hydrogens is 326 g/mol. The van der Waals surface area contributed by atoms with Crippen molar-refractivity contribution in [3.05, 3.63) is 60.3 Å². The SMILES string of the molecule is NC(=O)c1cnc2cc(N3CCNCC3)ccc2c1Nc1ccccc1. The van der Waals surface area contributed by atoms with Gasteiger partial charge in [0.1, 0.15) is 0 Å². The van der Waals surface area contributed by atoms with Crippen LogP contribution in [0.5, 0.6) is 0 Å². The summed E-state index contributed by atoms with van der Waals surface area (Å²) in [7, 11) is 0. The van der Waals surface area contributed by atoms with Crippen molar-refractivity contribution < 1.29 is 4.79 Å². The quantitative estimate of drug-likeness (QED) is 0.675. The summed E-state index contributed by atoms with van der Waals surface area (Å²) in [5.41, 5.74) is 9.53. The van der Waals surface area contributed by atoms with Gasteiger partial charge in [-0.05, 0) is 30.3 Å². The van der Waals surface area contributed by atoms with Gasteiger partial charge in [0, 0.05) is 49.1 Å². The van der Waals surface area contributed by atoms with Crippen LogP contribution in [-0.4, -0.2) is 37.1 Å². The van der Waals surface area contributed by atoms with Crippen LogP contribution in [-0.2, 0) is 0 Å². The van der Waals surface area contributed by atoms with Gasteiger partial charge in [-0.25, -0.2) is 0 Å². The van der Waals surface area contributed by atoms with E-state index in [2.05, 4.69) is 32.7 Å². The third kappa shape index (κ3) is 3.19.